The molecular weight excluding hydrogens is 370 g/mol. The van der Waals surface area contributed by atoms with Gasteiger partial charge in [-0.2, -0.15) is 0 Å². The number of nitrogens with one attached hydrogen (secondary N) is 2. The zero-order chi connectivity index (χ0) is 18.2. The van der Waals surface area contributed by atoms with Gasteiger partial charge in [-0.25, -0.2) is 17.2 Å². The summed E-state index contributed by atoms with van der Waals surface area (Å²) < 4.78 is 53.6. The number of carbonyl (C=O) groups is 1. The van der Waals surface area contributed by atoms with Gasteiger partial charge >= 0.3 is 0 Å². The minimum Gasteiger partial charge on any atom is -0.325 e. The molecule has 2 aromatic rings. The summed E-state index contributed by atoms with van der Waals surface area (Å²) in [5.74, 6) is -2.03. The van der Waals surface area contributed by atoms with Crippen LogP contribution in [0.1, 0.15) is 13.3 Å². The minimum absolute atomic E-state index is 0.0649. The first-order chi connectivity index (χ1) is 11.7. The van der Waals surface area contributed by atoms with E-state index in [1.54, 1.807) is 6.07 Å². The summed E-state index contributed by atoms with van der Waals surface area (Å²) in [5, 5.41) is 2.74. The Morgan fingerprint density at radius 3 is 2.68 bits per heavy atom. The van der Waals surface area contributed by atoms with Crippen LogP contribution in [-0.2, 0) is 14.8 Å². The van der Waals surface area contributed by atoms with E-state index in [1.807, 2.05) is 6.92 Å². The number of anilines is 2. The summed E-state index contributed by atoms with van der Waals surface area (Å²) in [6.45, 7) is 1.91. The van der Waals surface area contributed by atoms with Crippen molar-refractivity contribution in [2.45, 2.75) is 28.4 Å². The van der Waals surface area contributed by atoms with E-state index in [-0.39, 0.29) is 21.7 Å². The van der Waals surface area contributed by atoms with Gasteiger partial charge in [0.25, 0.3) is 10.0 Å². The number of carbonyl (C=O) groups excluding carboxylic acids is 1. The van der Waals surface area contributed by atoms with Crippen LogP contribution in [0.2, 0.25) is 0 Å². The van der Waals surface area contributed by atoms with Gasteiger partial charge in [0.15, 0.2) is 0 Å². The van der Waals surface area contributed by atoms with Crippen LogP contribution >= 0.6 is 11.8 Å². The first-order valence-electron chi connectivity index (χ1n) is 7.33. The molecule has 1 aliphatic rings. The molecule has 5 nitrogen and oxygen atoms in total. The molecule has 2 N–H and O–H groups in total. The number of rotatable bonds is 3. The maximum atomic E-state index is 13.7. The zero-order valence-electron chi connectivity index (χ0n) is 13.0. The first kappa shape index (κ1) is 17.7. The van der Waals surface area contributed by atoms with Crippen LogP contribution in [0.25, 0.3) is 0 Å². The van der Waals surface area contributed by atoms with Crippen LogP contribution < -0.4 is 10.0 Å². The third kappa shape index (κ3) is 3.93. The van der Waals surface area contributed by atoms with Gasteiger partial charge in [-0.3, -0.25) is 9.52 Å². The van der Waals surface area contributed by atoms with Gasteiger partial charge in [0.05, 0.1) is 16.3 Å². The van der Waals surface area contributed by atoms with Crippen LogP contribution in [0.15, 0.2) is 46.2 Å². The highest BCUT2D eigenvalue weighted by molar-refractivity contribution is 8.00. The predicted octanol–water partition coefficient (Wildman–Crippen LogP) is 3.59. The molecule has 132 valence electrons. The van der Waals surface area contributed by atoms with Crippen molar-refractivity contribution in [2.24, 2.45) is 0 Å². The molecule has 25 heavy (non-hydrogen) atoms. The van der Waals surface area contributed by atoms with Crippen molar-refractivity contribution in [1.82, 2.24) is 0 Å². The largest absolute Gasteiger partial charge is 0.325 e. The quantitative estimate of drug-likeness (QED) is 0.848. The van der Waals surface area contributed by atoms with E-state index in [4.69, 9.17) is 0 Å². The molecule has 0 aromatic heterocycles. The van der Waals surface area contributed by atoms with E-state index in [1.165, 1.54) is 23.9 Å². The van der Waals surface area contributed by atoms with E-state index in [0.717, 1.165) is 17.0 Å². The maximum absolute atomic E-state index is 13.7. The molecule has 1 aliphatic heterocycles. The molecule has 1 amide bonds. The molecule has 0 bridgehead atoms. The average molecular weight is 384 g/mol. The lowest BCUT2D eigenvalue weighted by Crippen LogP contribution is -2.16. The van der Waals surface area contributed by atoms with Crippen molar-refractivity contribution in [3.05, 3.63) is 48.0 Å². The lowest BCUT2D eigenvalue weighted by atomic mass is 10.3. The Hall–Kier alpha value is -2.13. The van der Waals surface area contributed by atoms with E-state index in [2.05, 4.69) is 10.0 Å². The van der Waals surface area contributed by atoms with Crippen LogP contribution in [0.4, 0.5) is 20.2 Å². The number of thioether (sulfide) groups is 1. The van der Waals surface area contributed by atoms with Crippen molar-refractivity contribution >= 4 is 39.1 Å². The highest BCUT2D eigenvalue weighted by atomic mass is 32.2. The number of halogens is 2. The Kier molecular flexibility index (Phi) is 4.70. The molecule has 2 aromatic carbocycles. The smallest absolute Gasteiger partial charge is 0.262 e. The second-order valence-corrected chi connectivity index (χ2v) is 8.73. The van der Waals surface area contributed by atoms with Gasteiger partial charge in [0.2, 0.25) is 5.91 Å². The first-order valence-corrected chi connectivity index (χ1v) is 9.69. The SMILES string of the molecule is CC1CC(=O)Nc2cc(S(=O)(=O)Nc3ccc(F)cc3F)ccc2S1. The van der Waals surface area contributed by atoms with Crippen molar-refractivity contribution in [2.75, 3.05) is 10.0 Å². The van der Waals surface area contributed by atoms with Crippen LogP contribution in [0.5, 0.6) is 0 Å². The molecule has 0 saturated heterocycles. The molecule has 3 rings (SSSR count). The monoisotopic (exact) mass is 384 g/mol. The Balaban J connectivity index is 1.94. The number of hydrogen-bond donors (Lipinski definition) is 2. The van der Waals surface area contributed by atoms with E-state index < -0.39 is 21.7 Å². The molecule has 1 unspecified atom stereocenters. The molecule has 9 heteroatoms. The van der Waals surface area contributed by atoms with Gasteiger partial charge in [-0.15, -0.1) is 11.8 Å². The van der Waals surface area contributed by atoms with Gasteiger partial charge in [0, 0.05) is 22.6 Å². The number of benzene rings is 2. The van der Waals surface area contributed by atoms with Crippen molar-refractivity contribution < 1.29 is 22.0 Å². The summed E-state index contributed by atoms with van der Waals surface area (Å²) in [6.07, 6.45) is 0.320. The lowest BCUT2D eigenvalue weighted by molar-refractivity contribution is -0.116. The molecule has 0 fully saturated rings. The molecule has 1 heterocycles. The molecule has 0 aliphatic carbocycles. The lowest BCUT2D eigenvalue weighted by Gasteiger charge is -2.12. The molecule has 0 radical (unpaired) electrons. The summed E-state index contributed by atoms with van der Waals surface area (Å²) in [5.41, 5.74) is 0.0326. The number of sulfonamides is 1. The number of hydrogen-bond acceptors (Lipinski definition) is 4. The Morgan fingerprint density at radius 1 is 1.20 bits per heavy atom. The second kappa shape index (κ2) is 6.64. The van der Waals surface area contributed by atoms with Crippen LogP contribution in [-0.4, -0.2) is 19.6 Å². The molecule has 0 saturated carbocycles. The third-order valence-electron chi connectivity index (χ3n) is 3.51. The topological polar surface area (TPSA) is 75.3 Å². The fourth-order valence-corrected chi connectivity index (χ4v) is 4.52. The van der Waals surface area contributed by atoms with E-state index in [0.29, 0.717) is 18.2 Å². The van der Waals surface area contributed by atoms with Gasteiger partial charge in [-0.05, 0) is 30.3 Å². The molecular formula is C16H14F2N2O3S2. The maximum Gasteiger partial charge on any atom is 0.262 e. The number of amides is 1. The fourth-order valence-electron chi connectivity index (χ4n) is 2.37. The van der Waals surface area contributed by atoms with Gasteiger partial charge in [0.1, 0.15) is 11.6 Å². The van der Waals surface area contributed by atoms with E-state index >= 15 is 0 Å². The summed E-state index contributed by atoms with van der Waals surface area (Å²) in [4.78, 5) is 12.4. The summed E-state index contributed by atoms with van der Waals surface area (Å²) >= 11 is 1.46. The van der Waals surface area contributed by atoms with Crippen molar-refractivity contribution in [3.8, 4) is 0 Å². The molecule has 1 atom stereocenters. The van der Waals surface area contributed by atoms with Crippen molar-refractivity contribution in [3.63, 3.8) is 0 Å². The Morgan fingerprint density at radius 2 is 1.96 bits per heavy atom. The minimum atomic E-state index is -4.10. The fraction of sp³-hybridized carbons (Fsp3) is 0.188. The summed E-state index contributed by atoms with van der Waals surface area (Å²) in [7, 11) is -4.10. The van der Waals surface area contributed by atoms with Crippen LogP contribution in [0.3, 0.4) is 0 Å². The highest BCUT2D eigenvalue weighted by Gasteiger charge is 2.23. The van der Waals surface area contributed by atoms with Gasteiger partial charge < -0.3 is 5.32 Å². The molecule has 0 spiro atoms. The van der Waals surface area contributed by atoms with Crippen LogP contribution in [0, 0.1) is 11.6 Å². The zero-order valence-corrected chi connectivity index (χ0v) is 14.7. The normalized spacial score (nSPS) is 17.4. The highest BCUT2D eigenvalue weighted by Crippen LogP contribution is 2.36. The Bertz CT molecular complexity index is 948. The summed E-state index contributed by atoms with van der Waals surface area (Å²) in [6, 6.07) is 6.84. The Labute approximate surface area is 147 Å². The predicted molar refractivity (Wildman–Crippen MR) is 92.2 cm³/mol. The third-order valence-corrected chi connectivity index (χ3v) is 6.05. The van der Waals surface area contributed by atoms with Crippen molar-refractivity contribution in [1.29, 1.82) is 0 Å². The average Bonchev–Trinajstić information content (AvgIpc) is 2.65. The second-order valence-electron chi connectivity index (χ2n) is 5.57. The standard InChI is InChI=1S/C16H14F2N2O3S2/c1-9-6-16(21)19-14-8-11(3-5-15(14)24-9)25(22,23)20-13-4-2-10(17)7-12(13)18/h2-5,7-9,20H,6H2,1H3,(H,19,21). The number of fused-ring (bicyclic) bond motifs is 1. The van der Waals surface area contributed by atoms with Gasteiger partial charge in [-0.1, -0.05) is 6.92 Å². The van der Waals surface area contributed by atoms with E-state index in [9.17, 15) is 22.0 Å².